The second-order valence-electron chi connectivity index (χ2n) is 6.89. The Morgan fingerprint density at radius 2 is 1.88 bits per heavy atom. The highest BCUT2D eigenvalue weighted by atomic mass is 15.3. The van der Waals surface area contributed by atoms with Crippen molar-refractivity contribution in [3.63, 3.8) is 0 Å². The van der Waals surface area contributed by atoms with E-state index < -0.39 is 0 Å². The van der Waals surface area contributed by atoms with Crippen LogP contribution in [0.15, 0.2) is 24.4 Å². The summed E-state index contributed by atoms with van der Waals surface area (Å²) in [5, 5.41) is 0. The molecule has 3 rings (SSSR count). The van der Waals surface area contributed by atoms with Gasteiger partial charge in [-0.05, 0) is 32.4 Å². The number of hydrogen-bond donors (Lipinski definition) is 0. The molecule has 3 heterocycles. The first kappa shape index (κ1) is 17.6. The lowest BCUT2D eigenvalue weighted by Crippen LogP contribution is -2.32. The summed E-state index contributed by atoms with van der Waals surface area (Å²) in [5.41, 5.74) is 3.38. The zero-order valence-electron chi connectivity index (χ0n) is 15.7. The van der Waals surface area contributed by atoms with Gasteiger partial charge in [0, 0.05) is 64.3 Å². The lowest BCUT2D eigenvalue weighted by molar-refractivity contribution is 0.282. The van der Waals surface area contributed by atoms with Crippen LogP contribution in [0, 0.1) is 13.8 Å². The fourth-order valence-electron chi connectivity index (χ4n) is 3.17. The normalized spacial score (nSPS) is 15.9. The largest absolute Gasteiger partial charge is 0.355 e. The Morgan fingerprint density at radius 3 is 2.60 bits per heavy atom. The van der Waals surface area contributed by atoms with E-state index in [0.29, 0.717) is 0 Å². The molecule has 1 aliphatic rings. The smallest absolute Gasteiger partial charge is 0.227 e. The van der Waals surface area contributed by atoms with E-state index in [9.17, 15) is 0 Å². The van der Waals surface area contributed by atoms with E-state index in [-0.39, 0.29) is 0 Å². The quantitative estimate of drug-likeness (QED) is 0.851. The topological polar surface area (TPSA) is 48.4 Å². The molecule has 0 atom stereocenters. The molecule has 2 aromatic heterocycles. The van der Waals surface area contributed by atoms with E-state index in [4.69, 9.17) is 4.98 Å². The van der Waals surface area contributed by atoms with Crippen LogP contribution in [0.5, 0.6) is 0 Å². The highest BCUT2D eigenvalue weighted by molar-refractivity contribution is 5.52. The van der Waals surface area contributed by atoms with Crippen LogP contribution in [0.3, 0.4) is 0 Å². The van der Waals surface area contributed by atoms with Gasteiger partial charge in [-0.1, -0.05) is 6.07 Å². The zero-order valence-corrected chi connectivity index (χ0v) is 15.7. The molecule has 0 saturated carbocycles. The number of aryl methyl sites for hydroxylation is 1. The third-order valence-electron chi connectivity index (χ3n) is 4.75. The monoisotopic (exact) mass is 340 g/mol. The van der Waals surface area contributed by atoms with Crippen LogP contribution in [0.25, 0.3) is 0 Å². The summed E-state index contributed by atoms with van der Waals surface area (Å²) in [7, 11) is 3.98. The molecule has 134 valence electrons. The van der Waals surface area contributed by atoms with Crippen molar-refractivity contribution < 1.29 is 0 Å². The third-order valence-corrected chi connectivity index (χ3v) is 4.75. The van der Waals surface area contributed by atoms with Gasteiger partial charge in [0.2, 0.25) is 5.95 Å². The first-order valence-corrected chi connectivity index (χ1v) is 8.94. The summed E-state index contributed by atoms with van der Waals surface area (Å²) in [6.45, 7) is 9.24. The van der Waals surface area contributed by atoms with Crippen LogP contribution in [-0.2, 0) is 6.54 Å². The predicted molar refractivity (Wildman–Crippen MR) is 102 cm³/mol. The van der Waals surface area contributed by atoms with Crippen molar-refractivity contribution >= 4 is 11.8 Å². The van der Waals surface area contributed by atoms with Crippen LogP contribution < -0.4 is 9.80 Å². The van der Waals surface area contributed by atoms with Gasteiger partial charge in [0.1, 0.15) is 5.82 Å². The lowest BCUT2D eigenvalue weighted by atomic mass is 10.2. The van der Waals surface area contributed by atoms with Gasteiger partial charge in [-0.15, -0.1) is 0 Å². The van der Waals surface area contributed by atoms with Crippen molar-refractivity contribution in [3.8, 4) is 0 Å². The van der Waals surface area contributed by atoms with Gasteiger partial charge in [-0.2, -0.15) is 4.98 Å². The van der Waals surface area contributed by atoms with Crippen molar-refractivity contribution in [2.75, 3.05) is 50.1 Å². The van der Waals surface area contributed by atoms with E-state index in [1.54, 1.807) is 0 Å². The second-order valence-corrected chi connectivity index (χ2v) is 6.89. The summed E-state index contributed by atoms with van der Waals surface area (Å²) >= 11 is 0. The van der Waals surface area contributed by atoms with Gasteiger partial charge in [-0.25, -0.2) is 4.98 Å². The molecule has 1 aliphatic heterocycles. The minimum Gasteiger partial charge on any atom is -0.355 e. The van der Waals surface area contributed by atoms with E-state index in [2.05, 4.69) is 45.7 Å². The van der Waals surface area contributed by atoms with E-state index in [1.165, 1.54) is 5.56 Å². The number of aromatic nitrogens is 3. The van der Waals surface area contributed by atoms with Crippen LogP contribution in [-0.4, -0.2) is 60.1 Å². The van der Waals surface area contributed by atoms with Gasteiger partial charge in [-0.3, -0.25) is 9.88 Å². The summed E-state index contributed by atoms with van der Waals surface area (Å²) < 4.78 is 0. The maximum Gasteiger partial charge on any atom is 0.227 e. The summed E-state index contributed by atoms with van der Waals surface area (Å²) in [5.74, 6) is 1.86. The number of anilines is 2. The van der Waals surface area contributed by atoms with Gasteiger partial charge in [0.25, 0.3) is 0 Å². The molecule has 0 radical (unpaired) electrons. The van der Waals surface area contributed by atoms with Crippen LogP contribution in [0.1, 0.15) is 23.4 Å². The first-order valence-electron chi connectivity index (χ1n) is 8.94. The van der Waals surface area contributed by atoms with E-state index >= 15 is 0 Å². The van der Waals surface area contributed by atoms with Crippen molar-refractivity contribution in [2.24, 2.45) is 0 Å². The highest BCUT2D eigenvalue weighted by Gasteiger charge is 2.20. The lowest BCUT2D eigenvalue weighted by Gasteiger charge is -2.26. The molecule has 0 N–H and O–H groups in total. The molecular weight excluding hydrogens is 312 g/mol. The Hall–Kier alpha value is -2.21. The van der Waals surface area contributed by atoms with Crippen molar-refractivity contribution in [1.82, 2.24) is 19.9 Å². The summed E-state index contributed by atoms with van der Waals surface area (Å²) in [6.07, 6.45) is 3.00. The standard InChI is InChI=1S/C19H28N6/c1-15-16(2)21-19(23(3)4)22-18(15)25-11-7-10-24(12-13-25)14-17-8-5-6-9-20-17/h5-6,8-9H,7,10-14H2,1-4H3. The minimum atomic E-state index is 0.785. The molecule has 0 amide bonds. The molecule has 0 spiro atoms. The molecule has 1 saturated heterocycles. The van der Waals surface area contributed by atoms with Crippen molar-refractivity contribution in [1.29, 1.82) is 0 Å². The fourth-order valence-corrected chi connectivity index (χ4v) is 3.17. The first-order chi connectivity index (χ1) is 12.0. The van der Waals surface area contributed by atoms with E-state index in [0.717, 1.165) is 62.3 Å². The van der Waals surface area contributed by atoms with Gasteiger partial charge in [0.05, 0.1) is 5.69 Å². The molecular formula is C19H28N6. The van der Waals surface area contributed by atoms with Gasteiger partial charge in [0.15, 0.2) is 0 Å². The molecule has 0 unspecified atom stereocenters. The molecule has 1 fully saturated rings. The third kappa shape index (κ3) is 4.25. The highest BCUT2D eigenvalue weighted by Crippen LogP contribution is 2.23. The molecule has 0 bridgehead atoms. The maximum absolute atomic E-state index is 4.82. The molecule has 0 aromatic carbocycles. The van der Waals surface area contributed by atoms with E-state index in [1.807, 2.05) is 31.3 Å². The number of pyridine rings is 1. The number of hydrogen-bond acceptors (Lipinski definition) is 6. The molecule has 25 heavy (non-hydrogen) atoms. The van der Waals surface area contributed by atoms with Crippen LogP contribution >= 0.6 is 0 Å². The fraction of sp³-hybridized carbons (Fsp3) is 0.526. The molecule has 0 aliphatic carbocycles. The number of rotatable bonds is 4. The minimum absolute atomic E-state index is 0.785. The Bertz CT molecular complexity index is 701. The Balaban J connectivity index is 1.73. The molecule has 6 heteroatoms. The molecule has 6 nitrogen and oxygen atoms in total. The number of nitrogens with zero attached hydrogens (tertiary/aromatic N) is 6. The van der Waals surface area contributed by atoms with Crippen LogP contribution in [0.2, 0.25) is 0 Å². The Labute approximate surface area is 150 Å². The summed E-state index contributed by atoms with van der Waals surface area (Å²) in [6, 6.07) is 6.13. The van der Waals surface area contributed by atoms with Crippen LogP contribution in [0.4, 0.5) is 11.8 Å². The predicted octanol–water partition coefficient (Wildman–Crippen LogP) is 2.27. The molecule has 2 aromatic rings. The average molecular weight is 340 g/mol. The maximum atomic E-state index is 4.82. The van der Waals surface area contributed by atoms with Crippen molar-refractivity contribution in [3.05, 3.63) is 41.3 Å². The van der Waals surface area contributed by atoms with Gasteiger partial charge >= 0.3 is 0 Å². The summed E-state index contributed by atoms with van der Waals surface area (Å²) in [4.78, 5) is 20.7. The SMILES string of the molecule is Cc1nc(N(C)C)nc(N2CCCN(Cc3ccccn3)CC2)c1C. The average Bonchev–Trinajstić information content (AvgIpc) is 2.83. The second kappa shape index (κ2) is 7.78. The van der Waals surface area contributed by atoms with Gasteiger partial charge < -0.3 is 9.80 Å². The van der Waals surface area contributed by atoms with Crippen molar-refractivity contribution in [2.45, 2.75) is 26.8 Å². The Kier molecular flexibility index (Phi) is 5.48. The Morgan fingerprint density at radius 1 is 1.04 bits per heavy atom. The zero-order chi connectivity index (χ0) is 17.8.